The Kier molecular flexibility index (Phi) is 6.16. The van der Waals surface area contributed by atoms with Crippen molar-refractivity contribution in [2.75, 3.05) is 7.11 Å². The molecule has 0 aromatic rings. The average molecular weight is 212 g/mol. The third-order valence-corrected chi connectivity index (χ3v) is 2.43. The molecule has 14 heavy (non-hydrogen) atoms. The average Bonchev–Trinajstić information content (AvgIpc) is 2.03. The molecule has 1 fully saturated rings. The van der Waals surface area contributed by atoms with Gasteiger partial charge in [-0.15, -0.1) is 13.2 Å². The van der Waals surface area contributed by atoms with Gasteiger partial charge in [0, 0.05) is 7.11 Å². The maximum absolute atomic E-state index is 10.6. The molecule has 1 saturated carbocycles. The van der Waals surface area contributed by atoms with Crippen LogP contribution in [-0.2, 0) is 4.74 Å². The zero-order chi connectivity index (χ0) is 11.2. The van der Waals surface area contributed by atoms with Crippen LogP contribution >= 0.6 is 0 Å². The number of hydrogen-bond acceptors (Lipinski definition) is 1. The lowest BCUT2D eigenvalue weighted by molar-refractivity contribution is -0.311. The summed E-state index contributed by atoms with van der Waals surface area (Å²) in [6.07, 6.45) is 1.44. The van der Waals surface area contributed by atoms with Crippen molar-refractivity contribution in [2.45, 2.75) is 45.9 Å². The Hall–Kier alpha value is -0.250. The Labute approximate surface area is 83.6 Å². The molecule has 86 valence electrons. The molecule has 1 nitrogen and oxygen atoms in total. The first-order chi connectivity index (χ1) is 6.35. The molecule has 0 amide bonds. The predicted molar refractivity (Wildman–Crippen MR) is 49.9 cm³/mol. The summed E-state index contributed by atoms with van der Waals surface area (Å²) in [7, 11) is 0.583. The van der Waals surface area contributed by atoms with Crippen LogP contribution in [0.1, 0.15) is 39.5 Å². The minimum Gasteiger partial charge on any atom is -0.295 e. The highest BCUT2D eigenvalue weighted by Crippen LogP contribution is 2.27. The zero-order valence-electron chi connectivity index (χ0n) is 9.03. The molecule has 0 saturated heterocycles. The molecular weight excluding hydrogens is 193 g/mol. The molecule has 0 aliphatic heterocycles. The molecule has 0 bridgehead atoms. The van der Waals surface area contributed by atoms with Crippen LogP contribution in [0.25, 0.3) is 0 Å². The minimum absolute atomic E-state index is 0.583. The Morgan fingerprint density at radius 3 is 1.57 bits per heavy atom. The summed E-state index contributed by atoms with van der Waals surface area (Å²) in [6.45, 7) is 4.74. The number of halogens is 3. The molecule has 1 aliphatic carbocycles. The third kappa shape index (κ3) is 8.35. The maximum Gasteiger partial charge on any atom is 0.522 e. The van der Waals surface area contributed by atoms with E-state index in [1.165, 1.54) is 25.7 Å². The SMILES string of the molecule is CC1CCCC(C)C1.COC(F)(F)F. The van der Waals surface area contributed by atoms with Gasteiger partial charge in [-0.25, -0.2) is 0 Å². The maximum atomic E-state index is 10.6. The Morgan fingerprint density at radius 2 is 1.43 bits per heavy atom. The number of rotatable bonds is 0. The minimum atomic E-state index is -4.46. The molecular formula is C10H19F3O. The molecule has 1 aliphatic rings. The highest BCUT2D eigenvalue weighted by molar-refractivity contribution is 4.66. The van der Waals surface area contributed by atoms with Gasteiger partial charge in [0.2, 0.25) is 0 Å². The summed E-state index contributed by atoms with van der Waals surface area (Å²) in [6, 6.07) is 0. The number of alkyl halides is 3. The molecule has 1 rings (SSSR count). The highest BCUT2D eigenvalue weighted by atomic mass is 19.4. The molecule has 0 heterocycles. The van der Waals surface area contributed by atoms with Gasteiger partial charge in [-0.2, -0.15) is 0 Å². The van der Waals surface area contributed by atoms with E-state index in [1.54, 1.807) is 0 Å². The van der Waals surface area contributed by atoms with Crippen LogP contribution in [0.4, 0.5) is 13.2 Å². The van der Waals surface area contributed by atoms with Gasteiger partial charge >= 0.3 is 6.36 Å². The highest BCUT2D eigenvalue weighted by Gasteiger charge is 2.25. The largest absolute Gasteiger partial charge is 0.522 e. The van der Waals surface area contributed by atoms with Gasteiger partial charge in [-0.05, 0) is 18.3 Å². The van der Waals surface area contributed by atoms with Crippen LogP contribution < -0.4 is 0 Å². The van der Waals surface area contributed by atoms with E-state index >= 15 is 0 Å². The van der Waals surface area contributed by atoms with E-state index in [2.05, 4.69) is 18.6 Å². The molecule has 0 aromatic carbocycles. The van der Waals surface area contributed by atoms with Crippen molar-refractivity contribution in [1.82, 2.24) is 0 Å². The van der Waals surface area contributed by atoms with Crippen LogP contribution in [0.2, 0.25) is 0 Å². The fourth-order valence-electron chi connectivity index (χ4n) is 1.74. The Balaban J connectivity index is 0.000000255. The Morgan fingerprint density at radius 1 is 1.07 bits per heavy atom. The molecule has 4 heteroatoms. The zero-order valence-corrected chi connectivity index (χ0v) is 9.03. The fraction of sp³-hybridized carbons (Fsp3) is 1.00. The summed E-state index contributed by atoms with van der Waals surface area (Å²) >= 11 is 0. The van der Waals surface area contributed by atoms with E-state index in [9.17, 15) is 13.2 Å². The third-order valence-electron chi connectivity index (χ3n) is 2.43. The van der Waals surface area contributed by atoms with E-state index in [-0.39, 0.29) is 0 Å². The fourth-order valence-corrected chi connectivity index (χ4v) is 1.74. The molecule has 2 atom stereocenters. The lowest BCUT2D eigenvalue weighted by Crippen LogP contribution is -2.09. The second kappa shape index (κ2) is 6.27. The van der Waals surface area contributed by atoms with Crippen LogP contribution in [0.3, 0.4) is 0 Å². The molecule has 2 unspecified atom stereocenters. The van der Waals surface area contributed by atoms with Gasteiger partial charge in [0.25, 0.3) is 0 Å². The van der Waals surface area contributed by atoms with Crippen molar-refractivity contribution >= 4 is 0 Å². The number of hydrogen-bond donors (Lipinski definition) is 0. The number of ether oxygens (including phenoxy) is 1. The topological polar surface area (TPSA) is 9.23 Å². The summed E-state index contributed by atoms with van der Waals surface area (Å²) in [4.78, 5) is 0. The van der Waals surface area contributed by atoms with Crippen molar-refractivity contribution in [1.29, 1.82) is 0 Å². The van der Waals surface area contributed by atoms with Crippen LogP contribution in [-0.4, -0.2) is 13.5 Å². The molecule has 0 spiro atoms. The second-order valence-corrected chi connectivity index (χ2v) is 4.03. The van der Waals surface area contributed by atoms with Crippen molar-refractivity contribution in [3.63, 3.8) is 0 Å². The molecule has 0 aromatic heterocycles. The van der Waals surface area contributed by atoms with Crippen molar-refractivity contribution in [3.8, 4) is 0 Å². The van der Waals surface area contributed by atoms with Gasteiger partial charge in [0.15, 0.2) is 0 Å². The van der Waals surface area contributed by atoms with Gasteiger partial charge in [0.1, 0.15) is 0 Å². The van der Waals surface area contributed by atoms with E-state index in [4.69, 9.17) is 0 Å². The normalized spacial score (nSPS) is 27.9. The van der Waals surface area contributed by atoms with Gasteiger partial charge < -0.3 is 0 Å². The van der Waals surface area contributed by atoms with Crippen LogP contribution in [0, 0.1) is 11.8 Å². The van der Waals surface area contributed by atoms with Gasteiger partial charge in [-0.3, -0.25) is 4.74 Å². The first kappa shape index (κ1) is 13.8. The first-order valence-electron chi connectivity index (χ1n) is 4.97. The van der Waals surface area contributed by atoms with Gasteiger partial charge in [-0.1, -0.05) is 33.1 Å². The van der Waals surface area contributed by atoms with E-state index < -0.39 is 6.36 Å². The lowest BCUT2D eigenvalue weighted by Gasteiger charge is -2.22. The predicted octanol–water partition coefficient (Wildman–Crippen LogP) is 3.99. The number of methoxy groups -OCH3 is 1. The summed E-state index contributed by atoms with van der Waals surface area (Å²) < 4.78 is 34.6. The summed E-state index contributed by atoms with van der Waals surface area (Å²) in [5, 5.41) is 0. The van der Waals surface area contributed by atoms with E-state index in [0.717, 1.165) is 11.8 Å². The monoisotopic (exact) mass is 212 g/mol. The smallest absolute Gasteiger partial charge is 0.295 e. The van der Waals surface area contributed by atoms with Crippen molar-refractivity contribution < 1.29 is 17.9 Å². The Bertz CT molecular complexity index is 137. The lowest BCUT2D eigenvalue weighted by atomic mass is 9.84. The van der Waals surface area contributed by atoms with Crippen molar-refractivity contribution in [3.05, 3.63) is 0 Å². The van der Waals surface area contributed by atoms with E-state index in [0.29, 0.717) is 7.11 Å². The van der Waals surface area contributed by atoms with Crippen LogP contribution in [0.15, 0.2) is 0 Å². The second-order valence-electron chi connectivity index (χ2n) is 4.03. The molecule has 0 N–H and O–H groups in total. The quantitative estimate of drug-likeness (QED) is 0.590. The van der Waals surface area contributed by atoms with E-state index in [1.807, 2.05) is 0 Å². The van der Waals surface area contributed by atoms with Crippen molar-refractivity contribution in [2.24, 2.45) is 11.8 Å². The molecule has 0 radical (unpaired) electrons. The van der Waals surface area contributed by atoms with Gasteiger partial charge in [0.05, 0.1) is 0 Å². The summed E-state index contributed by atoms with van der Waals surface area (Å²) in [5.41, 5.74) is 0. The first-order valence-corrected chi connectivity index (χ1v) is 4.97. The summed E-state index contributed by atoms with van der Waals surface area (Å²) in [5.74, 6) is 2.03. The standard InChI is InChI=1S/C8H16.C2H3F3O/c1-7-4-3-5-8(2)6-7;1-6-2(3,4)5/h7-8H,3-6H2,1-2H3;1H3. The van der Waals surface area contributed by atoms with Crippen LogP contribution in [0.5, 0.6) is 0 Å².